The molecule has 3 saturated heterocycles. The average molecular weight is 791 g/mol. The molecule has 4 aromatic rings. The molecule has 4 aliphatic heterocycles. The van der Waals surface area contributed by atoms with Crippen LogP contribution in [0, 0.1) is 17.3 Å². The Balaban J connectivity index is 0.00000145. The molecule has 0 atom stereocenters. The van der Waals surface area contributed by atoms with Crippen LogP contribution in [0.4, 0.5) is 27.7 Å². The minimum atomic E-state index is -0.590. The van der Waals surface area contributed by atoms with Crippen LogP contribution < -0.4 is 26.2 Å². The summed E-state index contributed by atoms with van der Waals surface area (Å²) in [5.74, 6) is 6.60. The van der Waals surface area contributed by atoms with Crippen molar-refractivity contribution in [3.63, 3.8) is 0 Å². The zero-order valence-corrected chi connectivity index (χ0v) is 32.9. The lowest BCUT2D eigenvalue weighted by atomic mass is 9.71. The number of hydrogen-bond acceptors (Lipinski definition) is 9. The Morgan fingerprint density at radius 3 is 2.37 bits per heavy atom. The number of likely N-dealkylation sites (tertiary alicyclic amines) is 2. The van der Waals surface area contributed by atoms with Gasteiger partial charge in [-0.2, -0.15) is 0 Å². The summed E-state index contributed by atoms with van der Waals surface area (Å²) in [5, 5.41) is 10.6. The SMILES string of the molecule is C1CC1.CNc1cc(N2CCc3c(C#CCN4CCC5(CC4)CCN(C(=O)c4ccc(Cl)c(N6CCC(=O)NC6=O)c4)CC5)cccc32)nn2c(C(N)=O)cnc12. The van der Waals surface area contributed by atoms with E-state index in [4.69, 9.17) is 22.4 Å². The van der Waals surface area contributed by atoms with E-state index in [-0.39, 0.29) is 35.9 Å². The first-order valence-corrected chi connectivity index (χ1v) is 20.2. The van der Waals surface area contributed by atoms with Gasteiger partial charge in [0.2, 0.25) is 5.91 Å². The van der Waals surface area contributed by atoms with E-state index in [0.29, 0.717) is 47.4 Å². The molecule has 5 aliphatic rings. The van der Waals surface area contributed by atoms with E-state index in [1.165, 1.54) is 40.4 Å². The number of nitrogens with one attached hydrogen (secondary N) is 2. The average Bonchev–Trinajstić information content (AvgIpc) is 3.93. The molecule has 2 aromatic heterocycles. The van der Waals surface area contributed by atoms with Crippen molar-refractivity contribution in [1.82, 2.24) is 29.7 Å². The first-order chi connectivity index (χ1) is 27.6. The molecule has 0 bridgehead atoms. The zero-order chi connectivity index (χ0) is 39.7. The Morgan fingerprint density at radius 1 is 0.930 bits per heavy atom. The number of anilines is 4. The number of imide groups is 1. The van der Waals surface area contributed by atoms with E-state index in [2.05, 4.69) is 49.4 Å². The van der Waals surface area contributed by atoms with Crippen LogP contribution in [0.2, 0.25) is 5.02 Å². The Labute approximate surface area is 336 Å². The number of urea groups is 1. The first-order valence-electron chi connectivity index (χ1n) is 19.8. The minimum Gasteiger partial charge on any atom is -0.385 e. The maximum atomic E-state index is 13.6. The van der Waals surface area contributed by atoms with Crippen LogP contribution in [-0.2, 0) is 11.2 Å². The predicted molar refractivity (Wildman–Crippen MR) is 219 cm³/mol. The number of benzene rings is 2. The summed E-state index contributed by atoms with van der Waals surface area (Å²) in [6.07, 6.45) is 11.0. The number of nitrogens with two attached hydrogens (primary N) is 1. The standard InChI is InChI=1S/C39H41ClN10O4.C3H6/c1-42-29-23-33(45-50-32(35(41)52)24-43-36(29)50)48-16-9-27-25(4-2-6-30(27)48)5-3-15-46-18-11-39(12-19-46)13-20-47(21-14-39)37(53)26-7-8-28(40)31(22-26)49-17-10-34(51)44-38(49)54;1-2-3-1/h2,4,6-8,22-24,42H,9-21H2,1H3,(H2,41,52)(H,44,51,54);1-3H2. The lowest BCUT2D eigenvalue weighted by Crippen LogP contribution is -2.50. The summed E-state index contributed by atoms with van der Waals surface area (Å²) in [5.41, 5.74) is 11.5. The van der Waals surface area contributed by atoms with Crippen LogP contribution in [-0.4, -0.2) is 101 Å². The minimum absolute atomic E-state index is 0.0741. The molecule has 2 aromatic carbocycles. The molecule has 1 spiro atoms. The number of amides is 5. The molecule has 15 heteroatoms. The van der Waals surface area contributed by atoms with Crippen LogP contribution in [0.15, 0.2) is 48.7 Å². The largest absolute Gasteiger partial charge is 0.385 e. The van der Waals surface area contributed by atoms with E-state index in [1.54, 1.807) is 18.2 Å². The number of carbonyl (C=O) groups is 4. The molecule has 0 radical (unpaired) electrons. The first kappa shape index (κ1) is 38.2. The summed E-state index contributed by atoms with van der Waals surface area (Å²) >= 11 is 6.41. The van der Waals surface area contributed by atoms with Gasteiger partial charge < -0.3 is 20.9 Å². The quantitative estimate of drug-likeness (QED) is 0.223. The number of hydrogen-bond donors (Lipinski definition) is 3. The van der Waals surface area contributed by atoms with Gasteiger partial charge in [0.15, 0.2) is 11.5 Å². The topological polar surface area (TPSA) is 162 Å². The van der Waals surface area contributed by atoms with E-state index >= 15 is 0 Å². The fourth-order valence-corrected chi connectivity index (χ4v) is 8.39. The number of fused-ring (bicyclic) bond motifs is 2. The number of aromatic nitrogens is 3. The van der Waals surface area contributed by atoms with Crippen LogP contribution in [0.5, 0.6) is 0 Å². The summed E-state index contributed by atoms with van der Waals surface area (Å²) in [7, 11) is 1.81. The summed E-state index contributed by atoms with van der Waals surface area (Å²) in [6.45, 7) is 4.93. The molecule has 296 valence electrons. The van der Waals surface area contributed by atoms with Gasteiger partial charge >= 0.3 is 6.03 Å². The normalized spacial score (nSPS) is 18.7. The number of primary amides is 1. The summed E-state index contributed by atoms with van der Waals surface area (Å²) < 4.78 is 1.50. The number of imidazole rings is 1. The van der Waals surface area contributed by atoms with E-state index in [0.717, 1.165) is 68.7 Å². The molecule has 6 heterocycles. The van der Waals surface area contributed by atoms with E-state index in [1.807, 2.05) is 24.1 Å². The van der Waals surface area contributed by atoms with Crippen molar-refractivity contribution in [2.75, 3.05) is 68.0 Å². The Morgan fingerprint density at radius 2 is 1.67 bits per heavy atom. The van der Waals surface area contributed by atoms with Crippen molar-refractivity contribution in [3.05, 3.63) is 76.1 Å². The van der Waals surface area contributed by atoms with Gasteiger partial charge in [-0.05, 0) is 86.5 Å². The molecule has 0 unspecified atom stereocenters. The highest BCUT2D eigenvalue weighted by Gasteiger charge is 2.39. The van der Waals surface area contributed by atoms with Gasteiger partial charge in [-0.1, -0.05) is 48.8 Å². The fraction of sp³-hybridized carbons (Fsp3) is 0.429. The Bertz CT molecular complexity index is 2290. The number of piperidine rings is 2. The highest BCUT2D eigenvalue weighted by molar-refractivity contribution is 6.34. The van der Waals surface area contributed by atoms with Gasteiger partial charge in [-0.25, -0.2) is 14.3 Å². The molecular formula is C42H47ClN10O4. The maximum Gasteiger partial charge on any atom is 0.328 e. The third-order valence-electron chi connectivity index (χ3n) is 11.7. The molecule has 1 saturated carbocycles. The number of halogens is 1. The zero-order valence-electron chi connectivity index (χ0n) is 32.2. The molecular weight excluding hydrogens is 744 g/mol. The lowest BCUT2D eigenvalue weighted by Gasteiger charge is -2.46. The van der Waals surface area contributed by atoms with Crippen LogP contribution >= 0.6 is 11.6 Å². The van der Waals surface area contributed by atoms with Crippen molar-refractivity contribution in [2.45, 2.75) is 57.8 Å². The fourth-order valence-electron chi connectivity index (χ4n) is 8.17. The van der Waals surface area contributed by atoms with Crippen LogP contribution in [0.25, 0.3) is 5.65 Å². The van der Waals surface area contributed by atoms with Crippen molar-refractivity contribution >= 4 is 63.9 Å². The molecule has 4 N–H and O–H groups in total. The van der Waals surface area contributed by atoms with Gasteiger partial charge in [-0.15, -0.1) is 5.10 Å². The van der Waals surface area contributed by atoms with E-state index < -0.39 is 11.9 Å². The predicted octanol–water partition coefficient (Wildman–Crippen LogP) is 5.20. The Hall–Kier alpha value is -5.65. The van der Waals surface area contributed by atoms with Gasteiger partial charge in [0.05, 0.1) is 29.1 Å². The van der Waals surface area contributed by atoms with Gasteiger partial charge in [0.1, 0.15) is 5.69 Å². The molecule has 5 amide bonds. The number of rotatable bonds is 6. The van der Waals surface area contributed by atoms with Crippen LogP contribution in [0.3, 0.4) is 0 Å². The van der Waals surface area contributed by atoms with Gasteiger partial charge in [0.25, 0.3) is 11.8 Å². The van der Waals surface area contributed by atoms with Crippen molar-refractivity contribution in [1.29, 1.82) is 0 Å². The number of carbonyl (C=O) groups excluding carboxylic acids is 4. The van der Waals surface area contributed by atoms with Gasteiger partial charge in [0, 0.05) is 62.5 Å². The van der Waals surface area contributed by atoms with Crippen molar-refractivity contribution in [2.24, 2.45) is 11.1 Å². The highest BCUT2D eigenvalue weighted by atomic mass is 35.5. The second-order valence-corrected chi connectivity index (χ2v) is 15.9. The Kier molecular flexibility index (Phi) is 10.8. The van der Waals surface area contributed by atoms with E-state index in [9.17, 15) is 19.2 Å². The maximum absolute atomic E-state index is 13.6. The molecule has 57 heavy (non-hydrogen) atoms. The smallest absolute Gasteiger partial charge is 0.328 e. The number of nitrogens with zero attached hydrogens (tertiary/aromatic N) is 7. The molecule has 1 aliphatic carbocycles. The summed E-state index contributed by atoms with van der Waals surface area (Å²) in [4.78, 5) is 61.8. The summed E-state index contributed by atoms with van der Waals surface area (Å²) in [6, 6.07) is 12.6. The third kappa shape index (κ3) is 7.99. The van der Waals surface area contributed by atoms with Gasteiger partial charge in [-0.3, -0.25) is 29.5 Å². The van der Waals surface area contributed by atoms with Crippen molar-refractivity contribution < 1.29 is 19.2 Å². The second kappa shape index (κ2) is 16.1. The highest BCUT2D eigenvalue weighted by Crippen LogP contribution is 2.42. The third-order valence-corrected chi connectivity index (χ3v) is 12.0. The second-order valence-electron chi connectivity index (χ2n) is 15.5. The lowest BCUT2D eigenvalue weighted by molar-refractivity contribution is -0.120. The monoisotopic (exact) mass is 790 g/mol. The molecule has 4 fully saturated rings. The van der Waals surface area contributed by atoms with Crippen LogP contribution in [0.1, 0.15) is 83.3 Å². The molecule has 9 rings (SSSR count). The molecule has 14 nitrogen and oxygen atoms in total. The van der Waals surface area contributed by atoms with Crippen molar-refractivity contribution in [3.8, 4) is 11.8 Å².